The molecule has 0 saturated carbocycles. The van der Waals surface area contributed by atoms with Gasteiger partial charge in [-0.1, -0.05) is 47.6 Å². The predicted molar refractivity (Wildman–Crippen MR) is 109 cm³/mol. The Morgan fingerprint density at radius 2 is 2.04 bits per heavy atom. The van der Waals surface area contributed by atoms with Crippen LogP contribution in [0.15, 0.2) is 53.7 Å². The number of aliphatic hydroxyl groups excluding tert-OH is 1. The third-order valence-corrected chi connectivity index (χ3v) is 6.04. The molecule has 28 heavy (non-hydrogen) atoms. The molecule has 1 aromatic heterocycles. The molecule has 4 rings (SSSR count). The van der Waals surface area contributed by atoms with E-state index in [1.165, 1.54) is 22.9 Å². The van der Waals surface area contributed by atoms with Gasteiger partial charge in [0, 0.05) is 10.8 Å². The van der Waals surface area contributed by atoms with Crippen molar-refractivity contribution >= 4 is 23.4 Å². The number of ether oxygens (including phenoxy) is 1. The van der Waals surface area contributed by atoms with E-state index in [2.05, 4.69) is 33.7 Å². The highest BCUT2D eigenvalue weighted by Crippen LogP contribution is 2.32. The van der Waals surface area contributed by atoms with Gasteiger partial charge in [0.05, 0.1) is 24.5 Å². The molecule has 1 aliphatic carbocycles. The quantitative estimate of drug-likeness (QED) is 0.589. The van der Waals surface area contributed by atoms with E-state index in [9.17, 15) is 5.11 Å². The van der Waals surface area contributed by atoms with Crippen molar-refractivity contribution < 1.29 is 9.84 Å². The van der Waals surface area contributed by atoms with Gasteiger partial charge >= 0.3 is 0 Å². The van der Waals surface area contributed by atoms with Crippen LogP contribution in [0.3, 0.4) is 0 Å². The zero-order valence-corrected chi connectivity index (χ0v) is 16.8. The molecule has 0 bridgehead atoms. The summed E-state index contributed by atoms with van der Waals surface area (Å²) < 4.78 is 7.66. The molecule has 0 saturated heterocycles. The van der Waals surface area contributed by atoms with Crippen molar-refractivity contribution in [3.05, 3.63) is 64.7 Å². The first kappa shape index (κ1) is 19.4. The zero-order chi connectivity index (χ0) is 19.3. The van der Waals surface area contributed by atoms with Crippen LogP contribution in [0.5, 0.6) is 0 Å². The van der Waals surface area contributed by atoms with Gasteiger partial charge in [-0.05, 0) is 65.1 Å². The molecule has 1 N–H and O–H groups in total. The molecule has 2 aromatic carbocycles. The van der Waals surface area contributed by atoms with Crippen LogP contribution >= 0.6 is 23.4 Å². The summed E-state index contributed by atoms with van der Waals surface area (Å²) in [4.78, 5) is 0. The van der Waals surface area contributed by atoms with E-state index in [0.717, 1.165) is 24.9 Å². The van der Waals surface area contributed by atoms with Gasteiger partial charge in [0.2, 0.25) is 5.16 Å². The number of nitrogens with zero attached hydrogens (tertiary/aromatic N) is 4. The second kappa shape index (κ2) is 9.05. The van der Waals surface area contributed by atoms with Crippen LogP contribution < -0.4 is 0 Å². The molecule has 1 aliphatic rings. The van der Waals surface area contributed by atoms with Gasteiger partial charge < -0.3 is 9.84 Å². The van der Waals surface area contributed by atoms with E-state index >= 15 is 0 Å². The standard InChI is InChI=1S/C20H21ClN4O2S/c21-15-8-10-16(11-9-15)25-20(22-23-24-25)28-13-17(26)12-27-19-7-3-5-14-4-1-2-6-18(14)19/h1-2,4,6,8-11,17,19,26H,3,5,7,12-13H2/t17-,19+/m1/s1. The number of tetrazole rings is 1. The largest absolute Gasteiger partial charge is 0.390 e. The second-order valence-electron chi connectivity index (χ2n) is 6.73. The summed E-state index contributed by atoms with van der Waals surface area (Å²) in [6, 6.07) is 15.7. The maximum Gasteiger partial charge on any atom is 0.214 e. The molecule has 0 fully saturated rings. The number of thioether (sulfide) groups is 1. The Kier molecular flexibility index (Phi) is 6.26. The molecule has 0 amide bonds. The lowest BCUT2D eigenvalue weighted by molar-refractivity contribution is -0.00960. The summed E-state index contributed by atoms with van der Waals surface area (Å²) >= 11 is 7.33. The van der Waals surface area contributed by atoms with Gasteiger partial charge in [-0.25, -0.2) is 0 Å². The average molecular weight is 417 g/mol. The Balaban J connectivity index is 1.32. The summed E-state index contributed by atoms with van der Waals surface area (Å²) in [5.41, 5.74) is 3.42. The Labute approximate surface area is 172 Å². The van der Waals surface area contributed by atoms with Gasteiger partial charge in [0.25, 0.3) is 0 Å². The molecule has 6 nitrogen and oxygen atoms in total. The number of benzene rings is 2. The van der Waals surface area contributed by atoms with E-state index in [1.807, 2.05) is 18.2 Å². The highest BCUT2D eigenvalue weighted by molar-refractivity contribution is 7.99. The molecule has 3 aromatic rings. The third kappa shape index (κ3) is 4.55. The molecular weight excluding hydrogens is 396 g/mol. The van der Waals surface area contributed by atoms with Crippen molar-refractivity contribution in [3.63, 3.8) is 0 Å². The third-order valence-electron chi connectivity index (χ3n) is 4.72. The number of hydrogen-bond acceptors (Lipinski definition) is 6. The SMILES string of the molecule is O[C@H](CO[C@H]1CCCc2ccccc21)CSc1nnnn1-c1ccc(Cl)cc1. The Morgan fingerprint density at radius 1 is 1.21 bits per heavy atom. The first-order valence-corrected chi connectivity index (χ1v) is 10.6. The summed E-state index contributed by atoms with van der Waals surface area (Å²) in [7, 11) is 0. The van der Waals surface area contributed by atoms with Crippen LogP contribution in [0.2, 0.25) is 5.02 Å². The minimum absolute atomic E-state index is 0.0592. The molecule has 2 atom stereocenters. The number of aliphatic hydroxyl groups is 1. The lowest BCUT2D eigenvalue weighted by Gasteiger charge is -2.26. The van der Waals surface area contributed by atoms with E-state index < -0.39 is 6.10 Å². The predicted octanol–water partition coefficient (Wildman–Crippen LogP) is 3.86. The number of halogens is 1. The monoisotopic (exact) mass is 416 g/mol. The van der Waals surface area contributed by atoms with Gasteiger partial charge in [0.1, 0.15) is 0 Å². The van der Waals surface area contributed by atoms with Crippen LogP contribution in [0.4, 0.5) is 0 Å². The lowest BCUT2D eigenvalue weighted by atomic mass is 9.89. The van der Waals surface area contributed by atoms with Crippen LogP contribution in [-0.2, 0) is 11.2 Å². The van der Waals surface area contributed by atoms with Crippen molar-refractivity contribution in [1.82, 2.24) is 20.2 Å². The van der Waals surface area contributed by atoms with E-state index in [4.69, 9.17) is 16.3 Å². The number of aryl methyl sites for hydroxylation is 1. The molecule has 8 heteroatoms. The summed E-state index contributed by atoms with van der Waals surface area (Å²) in [6.07, 6.45) is 2.66. The van der Waals surface area contributed by atoms with E-state index in [1.54, 1.807) is 16.8 Å². The Hall–Kier alpha value is -1.93. The fraction of sp³-hybridized carbons (Fsp3) is 0.350. The molecular formula is C20H21ClN4O2S. The highest BCUT2D eigenvalue weighted by atomic mass is 35.5. The molecule has 0 aliphatic heterocycles. The average Bonchev–Trinajstić information content (AvgIpc) is 3.20. The number of rotatable bonds is 7. The van der Waals surface area contributed by atoms with Crippen LogP contribution in [0, 0.1) is 0 Å². The smallest absolute Gasteiger partial charge is 0.214 e. The summed E-state index contributed by atoms with van der Waals surface area (Å²) in [5, 5.41) is 23.5. The van der Waals surface area contributed by atoms with Crippen molar-refractivity contribution in [3.8, 4) is 5.69 Å². The summed E-state index contributed by atoms with van der Waals surface area (Å²) in [6.45, 7) is 0.286. The maximum absolute atomic E-state index is 10.4. The van der Waals surface area contributed by atoms with Crippen LogP contribution in [0.25, 0.3) is 5.69 Å². The highest BCUT2D eigenvalue weighted by Gasteiger charge is 2.21. The maximum atomic E-state index is 10.4. The molecule has 0 radical (unpaired) electrons. The van der Waals surface area contributed by atoms with E-state index in [0.29, 0.717) is 15.9 Å². The van der Waals surface area contributed by atoms with Crippen molar-refractivity contribution in [2.45, 2.75) is 36.6 Å². The molecule has 146 valence electrons. The van der Waals surface area contributed by atoms with Crippen molar-refractivity contribution in [2.24, 2.45) is 0 Å². The minimum atomic E-state index is -0.602. The molecule has 1 heterocycles. The Bertz CT molecular complexity index is 919. The Morgan fingerprint density at radius 3 is 2.89 bits per heavy atom. The van der Waals surface area contributed by atoms with Crippen molar-refractivity contribution in [2.75, 3.05) is 12.4 Å². The molecule has 0 unspecified atom stereocenters. The zero-order valence-electron chi connectivity index (χ0n) is 15.2. The minimum Gasteiger partial charge on any atom is -0.390 e. The number of fused-ring (bicyclic) bond motifs is 1. The van der Waals surface area contributed by atoms with Crippen molar-refractivity contribution in [1.29, 1.82) is 0 Å². The lowest BCUT2D eigenvalue weighted by Crippen LogP contribution is -2.22. The van der Waals surface area contributed by atoms with Gasteiger partial charge in [-0.3, -0.25) is 0 Å². The number of hydrogen-bond donors (Lipinski definition) is 1. The first-order valence-electron chi connectivity index (χ1n) is 9.25. The van der Waals surface area contributed by atoms with Crippen LogP contribution in [0.1, 0.15) is 30.1 Å². The topological polar surface area (TPSA) is 73.1 Å². The fourth-order valence-electron chi connectivity index (χ4n) is 3.34. The van der Waals surface area contributed by atoms with E-state index in [-0.39, 0.29) is 12.7 Å². The summed E-state index contributed by atoms with van der Waals surface area (Å²) in [5.74, 6) is 0.447. The molecule has 0 spiro atoms. The normalized spacial score (nSPS) is 17.3. The van der Waals surface area contributed by atoms with Gasteiger partial charge in [-0.15, -0.1) is 5.10 Å². The first-order chi connectivity index (χ1) is 13.7. The van der Waals surface area contributed by atoms with Crippen LogP contribution in [-0.4, -0.2) is 43.8 Å². The van der Waals surface area contributed by atoms with Gasteiger partial charge in [-0.2, -0.15) is 4.68 Å². The fourth-order valence-corrected chi connectivity index (χ4v) is 4.26. The van der Waals surface area contributed by atoms with Gasteiger partial charge in [0.15, 0.2) is 0 Å². The second-order valence-corrected chi connectivity index (χ2v) is 8.15. The number of aromatic nitrogens is 4.